The molecule has 1 amide bonds. The summed E-state index contributed by atoms with van der Waals surface area (Å²) >= 11 is 0. The van der Waals surface area contributed by atoms with Gasteiger partial charge in [0.1, 0.15) is 11.4 Å². The van der Waals surface area contributed by atoms with Crippen molar-refractivity contribution < 1.29 is 9.53 Å². The van der Waals surface area contributed by atoms with Gasteiger partial charge in [-0.05, 0) is 58.3 Å². The number of hydrogen-bond donors (Lipinski definition) is 1. The second kappa shape index (κ2) is 9.39. The van der Waals surface area contributed by atoms with Gasteiger partial charge in [-0.3, -0.25) is 4.79 Å². The molecule has 29 heavy (non-hydrogen) atoms. The summed E-state index contributed by atoms with van der Waals surface area (Å²) in [6.07, 6.45) is 2.68. The van der Waals surface area contributed by atoms with Crippen LogP contribution in [0.4, 0.5) is 0 Å². The molecule has 6 nitrogen and oxygen atoms in total. The van der Waals surface area contributed by atoms with Crippen molar-refractivity contribution in [2.24, 2.45) is 0 Å². The zero-order valence-corrected chi connectivity index (χ0v) is 17.5. The minimum Gasteiger partial charge on any atom is -0.497 e. The van der Waals surface area contributed by atoms with Crippen LogP contribution in [0.25, 0.3) is 16.9 Å². The summed E-state index contributed by atoms with van der Waals surface area (Å²) in [5.74, 6) is 0.602. The Hall–Kier alpha value is -3.12. The van der Waals surface area contributed by atoms with E-state index in [0.717, 1.165) is 30.0 Å². The summed E-state index contributed by atoms with van der Waals surface area (Å²) < 4.78 is 7.10. The van der Waals surface area contributed by atoms with Gasteiger partial charge in [0.15, 0.2) is 0 Å². The van der Waals surface area contributed by atoms with Gasteiger partial charge in [-0.1, -0.05) is 29.8 Å². The van der Waals surface area contributed by atoms with E-state index in [-0.39, 0.29) is 5.91 Å². The number of nitrogens with one attached hydrogen (secondary N) is 1. The Kier molecular flexibility index (Phi) is 6.67. The standard InChI is InChI=1S/C23H28N4O2/c1-17-9-11-19(12-10-17)27-16-21(23(28)24-13-6-14-26(2)3)22(25-27)18-7-5-8-20(15-18)29-4/h5,7-12,15-16H,6,13-14H2,1-4H3,(H,24,28). The molecule has 0 atom stereocenters. The molecule has 0 saturated heterocycles. The van der Waals surface area contributed by atoms with Gasteiger partial charge in [0.25, 0.3) is 5.91 Å². The van der Waals surface area contributed by atoms with Gasteiger partial charge < -0.3 is 15.0 Å². The number of benzene rings is 2. The van der Waals surface area contributed by atoms with Crippen LogP contribution in [-0.2, 0) is 0 Å². The number of methoxy groups -OCH3 is 1. The van der Waals surface area contributed by atoms with Crippen molar-refractivity contribution in [3.8, 4) is 22.7 Å². The summed E-state index contributed by atoms with van der Waals surface area (Å²) in [4.78, 5) is 15.0. The van der Waals surface area contributed by atoms with Crippen molar-refractivity contribution in [1.82, 2.24) is 20.0 Å². The maximum Gasteiger partial charge on any atom is 0.255 e. The molecule has 152 valence electrons. The predicted octanol–water partition coefficient (Wildman–Crippen LogP) is 3.54. The smallest absolute Gasteiger partial charge is 0.255 e. The molecule has 2 aromatic carbocycles. The lowest BCUT2D eigenvalue weighted by molar-refractivity contribution is 0.0953. The van der Waals surface area contributed by atoms with Crippen molar-refractivity contribution in [2.45, 2.75) is 13.3 Å². The third-order valence-corrected chi connectivity index (χ3v) is 4.67. The Morgan fingerprint density at radius 3 is 2.62 bits per heavy atom. The maximum absolute atomic E-state index is 12.9. The zero-order chi connectivity index (χ0) is 20.8. The summed E-state index contributed by atoms with van der Waals surface area (Å²) in [5, 5.41) is 7.74. The minimum atomic E-state index is -0.125. The predicted molar refractivity (Wildman–Crippen MR) is 116 cm³/mol. The second-order valence-corrected chi connectivity index (χ2v) is 7.32. The lowest BCUT2D eigenvalue weighted by Gasteiger charge is -2.10. The molecule has 0 aliphatic rings. The van der Waals surface area contributed by atoms with E-state index < -0.39 is 0 Å². The first-order chi connectivity index (χ1) is 14.0. The van der Waals surface area contributed by atoms with Crippen LogP contribution in [0.1, 0.15) is 22.3 Å². The van der Waals surface area contributed by atoms with Crippen LogP contribution in [0.5, 0.6) is 5.75 Å². The fraction of sp³-hybridized carbons (Fsp3) is 0.304. The van der Waals surface area contributed by atoms with Crippen LogP contribution < -0.4 is 10.1 Å². The molecule has 0 bridgehead atoms. The highest BCUT2D eigenvalue weighted by molar-refractivity contribution is 6.00. The molecule has 0 saturated carbocycles. The monoisotopic (exact) mass is 392 g/mol. The number of rotatable bonds is 8. The fourth-order valence-corrected chi connectivity index (χ4v) is 3.05. The number of ether oxygens (including phenoxy) is 1. The number of aryl methyl sites for hydroxylation is 1. The van der Waals surface area contributed by atoms with Gasteiger partial charge in [0, 0.05) is 18.3 Å². The van der Waals surface area contributed by atoms with Gasteiger partial charge in [-0.25, -0.2) is 4.68 Å². The number of carbonyl (C=O) groups excluding carboxylic acids is 1. The Morgan fingerprint density at radius 1 is 1.17 bits per heavy atom. The third-order valence-electron chi connectivity index (χ3n) is 4.67. The molecule has 0 aliphatic heterocycles. The number of carbonyl (C=O) groups is 1. The van der Waals surface area contributed by atoms with E-state index in [9.17, 15) is 4.79 Å². The molecule has 0 radical (unpaired) electrons. The molecule has 1 heterocycles. The van der Waals surface area contributed by atoms with Crippen molar-refractivity contribution in [1.29, 1.82) is 0 Å². The largest absolute Gasteiger partial charge is 0.497 e. The van der Waals surface area contributed by atoms with E-state index in [2.05, 4.69) is 10.2 Å². The first-order valence-electron chi connectivity index (χ1n) is 9.72. The summed E-state index contributed by atoms with van der Waals surface area (Å²) in [5.41, 5.74) is 4.10. The Morgan fingerprint density at radius 2 is 1.93 bits per heavy atom. The van der Waals surface area contributed by atoms with E-state index >= 15 is 0 Å². The van der Waals surface area contributed by atoms with E-state index in [0.29, 0.717) is 17.8 Å². The Bertz CT molecular complexity index is 961. The second-order valence-electron chi connectivity index (χ2n) is 7.32. The molecule has 3 aromatic rings. The molecule has 1 N–H and O–H groups in total. The molecule has 0 fully saturated rings. The minimum absolute atomic E-state index is 0.125. The van der Waals surface area contributed by atoms with Crippen LogP contribution in [0.3, 0.4) is 0 Å². The normalized spacial score (nSPS) is 10.9. The number of nitrogens with zero attached hydrogens (tertiary/aromatic N) is 3. The van der Waals surface area contributed by atoms with E-state index in [1.54, 1.807) is 18.0 Å². The average molecular weight is 393 g/mol. The molecule has 0 unspecified atom stereocenters. The summed E-state index contributed by atoms with van der Waals surface area (Å²) in [6, 6.07) is 15.7. The van der Waals surface area contributed by atoms with Crippen molar-refractivity contribution in [2.75, 3.05) is 34.3 Å². The lowest BCUT2D eigenvalue weighted by Crippen LogP contribution is -2.27. The first kappa shape index (κ1) is 20.6. The highest BCUT2D eigenvalue weighted by Crippen LogP contribution is 2.27. The van der Waals surface area contributed by atoms with Crippen molar-refractivity contribution in [3.05, 3.63) is 65.9 Å². The van der Waals surface area contributed by atoms with Crippen LogP contribution in [0.15, 0.2) is 54.7 Å². The fourth-order valence-electron chi connectivity index (χ4n) is 3.05. The summed E-state index contributed by atoms with van der Waals surface area (Å²) in [6.45, 7) is 3.58. The number of hydrogen-bond acceptors (Lipinski definition) is 4. The van der Waals surface area contributed by atoms with Gasteiger partial charge in [-0.2, -0.15) is 5.10 Å². The first-order valence-corrected chi connectivity index (χ1v) is 9.72. The van der Waals surface area contributed by atoms with Crippen LogP contribution in [0, 0.1) is 6.92 Å². The molecule has 0 spiro atoms. The number of aromatic nitrogens is 2. The summed E-state index contributed by atoms with van der Waals surface area (Å²) in [7, 11) is 5.67. The maximum atomic E-state index is 12.9. The van der Waals surface area contributed by atoms with Crippen LogP contribution >= 0.6 is 0 Å². The van der Waals surface area contributed by atoms with Crippen LogP contribution in [-0.4, -0.2) is 54.9 Å². The Labute approximate surface area is 172 Å². The van der Waals surface area contributed by atoms with Gasteiger partial charge in [0.05, 0.1) is 18.4 Å². The van der Waals surface area contributed by atoms with Crippen LogP contribution in [0.2, 0.25) is 0 Å². The molecule has 6 heteroatoms. The highest BCUT2D eigenvalue weighted by atomic mass is 16.5. The number of amides is 1. The lowest BCUT2D eigenvalue weighted by atomic mass is 10.1. The average Bonchev–Trinajstić information content (AvgIpc) is 3.17. The highest BCUT2D eigenvalue weighted by Gasteiger charge is 2.19. The van der Waals surface area contributed by atoms with E-state index in [1.165, 1.54) is 5.56 Å². The topological polar surface area (TPSA) is 59.4 Å². The molecular weight excluding hydrogens is 364 g/mol. The van der Waals surface area contributed by atoms with Gasteiger partial charge in [-0.15, -0.1) is 0 Å². The molecule has 1 aromatic heterocycles. The van der Waals surface area contributed by atoms with Crippen molar-refractivity contribution >= 4 is 5.91 Å². The molecular formula is C23H28N4O2. The van der Waals surface area contributed by atoms with Gasteiger partial charge in [0.2, 0.25) is 0 Å². The van der Waals surface area contributed by atoms with Gasteiger partial charge >= 0.3 is 0 Å². The SMILES string of the molecule is COc1cccc(-c2nn(-c3ccc(C)cc3)cc2C(=O)NCCCN(C)C)c1. The quantitative estimate of drug-likeness (QED) is 0.596. The molecule has 3 rings (SSSR count). The zero-order valence-electron chi connectivity index (χ0n) is 17.5. The van der Waals surface area contributed by atoms with E-state index in [1.807, 2.05) is 69.6 Å². The van der Waals surface area contributed by atoms with E-state index in [4.69, 9.17) is 9.84 Å². The molecule has 0 aliphatic carbocycles. The van der Waals surface area contributed by atoms with Crippen molar-refractivity contribution in [3.63, 3.8) is 0 Å². The Balaban J connectivity index is 1.93. The third kappa shape index (κ3) is 5.23.